The molecule has 1 saturated heterocycles. The van der Waals surface area contributed by atoms with Crippen molar-refractivity contribution in [3.8, 4) is 0 Å². The van der Waals surface area contributed by atoms with Gasteiger partial charge in [-0.3, -0.25) is 4.79 Å². The van der Waals surface area contributed by atoms with Crippen LogP contribution in [0.5, 0.6) is 0 Å². The van der Waals surface area contributed by atoms with Crippen molar-refractivity contribution in [3.05, 3.63) is 16.1 Å². The van der Waals surface area contributed by atoms with Crippen LogP contribution >= 0.6 is 11.3 Å². The zero-order valence-corrected chi connectivity index (χ0v) is 11.8. The van der Waals surface area contributed by atoms with E-state index < -0.39 is 0 Å². The Kier molecular flexibility index (Phi) is 4.68. The molecule has 1 aromatic rings. The molecule has 0 saturated carbocycles. The number of nitrogens with one attached hydrogen (secondary N) is 1. The molecule has 0 aromatic carbocycles. The number of piperazine rings is 1. The Hall–Kier alpha value is -0.980. The highest BCUT2D eigenvalue weighted by Crippen LogP contribution is 2.10. The Balaban J connectivity index is 1.68. The zero-order chi connectivity index (χ0) is 13.0. The van der Waals surface area contributed by atoms with Crippen molar-refractivity contribution in [2.75, 3.05) is 39.8 Å². The number of hydrogen-bond acceptors (Lipinski definition) is 5. The Bertz CT molecular complexity index is 399. The molecule has 1 fully saturated rings. The van der Waals surface area contributed by atoms with Crippen LogP contribution in [-0.2, 0) is 11.3 Å². The Labute approximate surface area is 112 Å². The molecule has 0 radical (unpaired) electrons. The summed E-state index contributed by atoms with van der Waals surface area (Å²) in [5, 5.41) is 4.26. The topological polar surface area (TPSA) is 48.5 Å². The summed E-state index contributed by atoms with van der Waals surface area (Å²) in [4.78, 5) is 21.5. The van der Waals surface area contributed by atoms with Gasteiger partial charge in [-0.25, -0.2) is 4.98 Å². The first kappa shape index (κ1) is 13.5. The summed E-state index contributed by atoms with van der Waals surface area (Å²) >= 11 is 1.67. The second-order valence-electron chi connectivity index (χ2n) is 4.63. The number of nitrogens with zero attached hydrogens (tertiary/aromatic N) is 3. The predicted molar refractivity (Wildman–Crippen MR) is 72.6 cm³/mol. The van der Waals surface area contributed by atoms with Crippen molar-refractivity contribution < 1.29 is 4.79 Å². The Morgan fingerprint density at radius 2 is 2.17 bits per heavy atom. The molecule has 0 bridgehead atoms. The molecule has 18 heavy (non-hydrogen) atoms. The van der Waals surface area contributed by atoms with Gasteiger partial charge in [0.05, 0.1) is 11.6 Å². The molecule has 2 rings (SSSR count). The lowest BCUT2D eigenvalue weighted by Crippen LogP contribution is -2.49. The lowest BCUT2D eigenvalue weighted by atomic mass is 10.3. The van der Waals surface area contributed by atoms with E-state index in [0.717, 1.165) is 37.7 Å². The first-order valence-electron chi connectivity index (χ1n) is 6.23. The van der Waals surface area contributed by atoms with Crippen LogP contribution in [0.4, 0.5) is 0 Å². The second kappa shape index (κ2) is 6.26. The monoisotopic (exact) mass is 268 g/mol. The average Bonchev–Trinajstić information content (AvgIpc) is 2.76. The van der Waals surface area contributed by atoms with Gasteiger partial charge in [-0.2, -0.15) is 0 Å². The molecular weight excluding hydrogens is 248 g/mol. The van der Waals surface area contributed by atoms with Gasteiger partial charge < -0.3 is 15.1 Å². The normalized spacial score (nSPS) is 17.1. The highest BCUT2D eigenvalue weighted by molar-refractivity contribution is 7.11. The van der Waals surface area contributed by atoms with Crippen LogP contribution < -0.4 is 5.32 Å². The van der Waals surface area contributed by atoms with E-state index in [4.69, 9.17) is 0 Å². The molecule has 5 nitrogen and oxygen atoms in total. The molecule has 1 aliphatic rings. The summed E-state index contributed by atoms with van der Waals surface area (Å²) in [6.45, 7) is 6.77. The minimum Gasteiger partial charge on any atom is -0.339 e. The maximum atomic E-state index is 11.9. The number of carbonyl (C=O) groups is 1. The van der Waals surface area contributed by atoms with E-state index in [1.54, 1.807) is 11.3 Å². The summed E-state index contributed by atoms with van der Waals surface area (Å²) in [6.07, 6.45) is 1.87. The van der Waals surface area contributed by atoms with Crippen LogP contribution in [0, 0.1) is 6.92 Å². The fraction of sp³-hybridized carbons (Fsp3) is 0.667. The SMILES string of the molecule is Cc1ncc(CNCC(=O)N2CCN(C)CC2)s1. The van der Waals surface area contributed by atoms with Crippen LogP contribution in [-0.4, -0.2) is 60.5 Å². The minimum atomic E-state index is 0.198. The van der Waals surface area contributed by atoms with Crippen molar-refractivity contribution in [2.45, 2.75) is 13.5 Å². The smallest absolute Gasteiger partial charge is 0.236 e. The maximum absolute atomic E-state index is 11.9. The van der Waals surface area contributed by atoms with Crippen molar-refractivity contribution in [3.63, 3.8) is 0 Å². The number of rotatable bonds is 4. The largest absolute Gasteiger partial charge is 0.339 e. The predicted octanol–water partition coefficient (Wildman–Crippen LogP) is 0.315. The summed E-state index contributed by atoms with van der Waals surface area (Å²) in [5.41, 5.74) is 0. The number of aryl methyl sites for hydroxylation is 1. The molecule has 0 atom stereocenters. The van der Waals surface area contributed by atoms with Crippen LogP contribution in [0.2, 0.25) is 0 Å². The Morgan fingerprint density at radius 3 is 2.78 bits per heavy atom. The van der Waals surface area contributed by atoms with Crippen molar-refractivity contribution in [1.82, 2.24) is 20.1 Å². The number of thiazole rings is 1. The molecule has 0 spiro atoms. The first-order chi connectivity index (χ1) is 8.65. The number of hydrogen-bond donors (Lipinski definition) is 1. The number of likely N-dealkylation sites (N-methyl/N-ethyl adjacent to an activating group) is 1. The molecular formula is C12H20N4OS. The van der Waals surface area contributed by atoms with E-state index in [0.29, 0.717) is 6.54 Å². The third-order valence-electron chi connectivity index (χ3n) is 3.10. The molecule has 1 aromatic heterocycles. The highest BCUT2D eigenvalue weighted by atomic mass is 32.1. The van der Waals surface area contributed by atoms with Gasteiger partial charge in [-0.1, -0.05) is 0 Å². The molecule has 0 aliphatic carbocycles. The van der Waals surface area contributed by atoms with Crippen LogP contribution in [0.15, 0.2) is 6.20 Å². The Morgan fingerprint density at radius 1 is 1.44 bits per heavy atom. The van der Waals surface area contributed by atoms with Gasteiger partial charge in [0.15, 0.2) is 0 Å². The molecule has 1 aliphatic heterocycles. The van der Waals surface area contributed by atoms with E-state index in [-0.39, 0.29) is 5.91 Å². The number of amides is 1. The van der Waals surface area contributed by atoms with E-state index in [9.17, 15) is 4.79 Å². The van der Waals surface area contributed by atoms with Gasteiger partial charge in [-0.05, 0) is 14.0 Å². The van der Waals surface area contributed by atoms with Gasteiger partial charge in [0.1, 0.15) is 0 Å². The molecule has 1 N–H and O–H groups in total. The highest BCUT2D eigenvalue weighted by Gasteiger charge is 2.18. The van der Waals surface area contributed by atoms with E-state index in [2.05, 4.69) is 22.2 Å². The molecule has 6 heteroatoms. The molecule has 100 valence electrons. The standard InChI is InChI=1S/C12H20N4OS/c1-10-14-8-11(18-10)7-13-9-12(17)16-5-3-15(2)4-6-16/h8,13H,3-7,9H2,1-2H3. The van der Waals surface area contributed by atoms with E-state index >= 15 is 0 Å². The minimum absolute atomic E-state index is 0.198. The lowest BCUT2D eigenvalue weighted by Gasteiger charge is -2.32. The van der Waals surface area contributed by atoms with E-state index in [1.807, 2.05) is 18.0 Å². The maximum Gasteiger partial charge on any atom is 0.236 e. The van der Waals surface area contributed by atoms with E-state index in [1.165, 1.54) is 4.88 Å². The van der Waals surface area contributed by atoms with Crippen LogP contribution in [0.3, 0.4) is 0 Å². The average molecular weight is 268 g/mol. The summed E-state index contributed by atoms with van der Waals surface area (Å²) < 4.78 is 0. The third kappa shape index (κ3) is 3.76. The molecule has 1 amide bonds. The second-order valence-corrected chi connectivity index (χ2v) is 5.95. The summed E-state index contributed by atoms with van der Waals surface area (Å²) in [5.74, 6) is 0.198. The summed E-state index contributed by atoms with van der Waals surface area (Å²) in [6, 6.07) is 0. The fourth-order valence-electron chi connectivity index (χ4n) is 1.95. The molecule has 0 unspecified atom stereocenters. The first-order valence-corrected chi connectivity index (χ1v) is 7.05. The summed E-state index contributed by atoms with van der Waals surface area (Å²) in [7, 11) is 2.09. The van der Waals surface area contributed by atoms with Gasteiger partial charge >= 0.3 is 0 Å². The van der Waals surface area contributed by atoms with Gasteiger partial charge in [0, 0.05) is 43.8 Å². The fourth-order valence-corrected chi connectivity index (χ4v) is 2.71. The quantitative estimate of drug-likeness (QED) is 0.854. The van der Waals surface area contributed by atoms with Crippen molar-refractivity contribution >= 4 is 17.2 Å². The zero-order valence-electron chi connectivity index (χ0n) is 11.0. The van der Waals surface area contributed by atoms with Gasteiger partial charge in [0.2, 0.25) is 5.91 Å². The van der Waals surface area contributed by atoms with Crippen LogP contribution in [0.1, 0.15) is 9.88 Å². The third-order valence-corrected chi connectivity index (χ3v) is 4.01. The van der Waals surface area contributed by atoms with Gasteiger partial charge in [0.25, 0.3) is 0 Å². The number of carbonyl (C=O) groups excluding carboxylic acids is 1. The van der Waals surface area contributed by atoms with Crippen molar-refractivity contribution in [2.24, 2.45) is 0 Å². The molecule has 2 heterocycles. The van der Waals surface area contributed by atoms with Crippen LogP contribution in [0.25, 0.3) is 0 Å². The lowest BCUT2D eigenvalue weighted by molar-refractivity contribution is -0.131. The van der Waals surface area contributed by atoms with Crippen molar-refractivity contribution in [1.29, 1.82) is 0 Å². The number of aromatic nitrogens is 1. The van der Waals surface area contributed by atoms with Gasteiger partial charge in [-0.15, -0.1) is 11.3 Å².